The summed E-state index contributed by atoms with van der Waals surface area (Å²) in [6.07, 6.45) is 1.85. The molecule has 39 heavy (non-hydrogen) atoms. The highest BCUT2D eigenvalue weighted by atomic mass is 32.2. The zero-order valence-electron chi connectivity index (χ0n) is 23.0. The molecule has 0 radical (unpaired) electrons. The number of aryl methyl sites for hydroxylation is 2. The minimum Gasteiger partial charge on any atom is -0.495 e. The number of fused-ring (bicyclic) bond motifs is 4. The number of benzene rings is 3. The summed E-state index contributed by atoms with van der Waals surface area (Å²) in [6, 6.07) is 17.7. The molecular formula is C30H33N5O3S. The Balaban J connectivity index is 1.33. The van der Waals surface area contributed by atoms with Crippen LogP contribution in [-0.4, -0.2) is 69.7 Å². The first-order chi connectivity index (χ1) is 18.7. The van der Waals surface area contributed by atoms with Crippen molar-refractivity contribution in [2.45, 2.75) is 11.8 Å². The summed E-state index contributed by atoms with van der Waals surface area (Å²) in [6.45, 7) is 3.95. The van der Waals surface area contributed by atoms with E-state index < -0.39 is 10.0 Å². The van der Waals surface area contributed by atoms with Gasteiger partial charge in [-0.3, -0.25) is 4.98 Å². The van der Waals surface area contributed by atoms with Gasteiger partial charge in [-0.1, -0.05) is 24.3 Å². The Hall–Kier alpha value is -3.82. The number of hydrogen-bond acceptors (Lipinski definition) is 6. The van der Waals surface area contributed by atoms with Crippen LogP contribution in [0.1, 0.15) is 5.69 Å². The first-order valence-corrected chi connectivity index (χ1v) is 14.5. The van der Waals surface area contributed by atoms with Crippen LogP contribution in [0, 0.1) is 6.92 Å². The summed E-state index contributed by atoms with van der Waals surface area (Å²) < 4.78 is 37.3. The van der Waals surface area contributed by atoms with Crippen molar-refractivity contribution < 1.29 is 13.2 Å². The number of sulfonamides is 1. The predicted octanol–water partition coefficient (Wildman–Crippen LogP) is 4.77. The number of anilines is 2. The number of aromatic nitrogens is 2. The van der Waals surface area contributed by atoms with Crippen molar-refractivity contribution in [1.82, 2.24) is 13.9 Å². The smallest absolute Gasteiger partial charge is 0.243 e. The summed E-state index contributed by atoms with van der Waals surface area (Å²) >= 11 is 0. The van der Waals surface area contributed by atoms with E-state index in [9.17, 15) is 8.42 Å². The van der Waals surface area contributed by atoms with Gasteiger partial charge in [0, 0.05) is 86.8 Å². The molecule has 3 aromatic carbocycles. The van der Waals surface area contributed by atoms with Crippen LogP contribution in [0.25, 0.3) is 32.6 Å². The molecule has 3 heterocycles. The van der Waals surface area contributed by atoms with Crippen molar-refractivity contribution in [3.05, 3.63) is 66.5 Å². The molecule has 0 N–H and O–H groups in total. The molecule has 2 aromatic heterocycles. The lowest BCUT2D eigenvalue weighted by atomic mass is 10.1. The lowest BCUT2D eigenvalue weighted by Crippen LogP contribution is -2.48. The highest BCUT2D eigenvalue weighted by Crippen LogP contribution is 2.39. The maximum absolute atomic E-state index is 13.9. The highest BCUT2D eigenvalue weighted by molar-refractivity contribution is 7.89. The summed E-state index contributed by atoms with van der Waals surface area (Å²) in [5.41, 5.74) is 5.14. The van der Waals surface area contributed by atoms with E-state index >= 15 is 0 Å². The SMILES string of the molecule is COc1cc2c(cc1N1CCN(S(=O)(=O)c3cccc4c(N(C)C)cccc34)CC1)c1ccnc(C)c1n2C. The van der Waals surface area contributed by atoms with Gasteiger partial charge in [-0.25, -0.2) is 8.42 Å². The molecular weight excluding hydrogens is 510 g/mol. The third kappa shape index (κ3) is 3.99. The molecule has 1 aliphatic heterocycles. The number of piperazine rings is 1. The molecule has 8 nitrogen and oxygen atoms in total. The van der Waals surface area contributed by atoms with Crippen LogP contribution in [0.4, 0.5) is 11.4 Å². The molecule has 0 bridgehead atoms. The number of hydrogen-bond donors (Lipinski definition) is 0. The number of pyridine rings is 1. The van der Waals surface area contributed by atoms with E-state index in [1.807, 2.05) is 62.4 Å². The fourth-order valence-electron chi connectivity index (χ4n) is 5.97. The van der Waals surface area contributed by atoms with Gasteiger partial charge in [-0.2, -0.15) is 4.31 Å². The van der Waals surface area contributed by atoms with E-state index in [0.29, 0.717) is 31.1 Å². The maximum atomic E-state index is 13.9. The molecule has 0 amide bonds. The number of ether oxygens (including phenoxy) is 1. The average molecular weight is 544 g/mol. The van der Waals surface area contributed by atoms with Crippen LogP contribution < -0.4 is 14.5 Å². The van der Waals surface area contributed by atoms with Gasteiger partial charge >= 0.3 is 0 Å². The minimum absolute atomic E-state index is 0.357. The molecule has 6 rings (SSSR count). The highest BCUT2D eigenvalue weighted by Gasteiger charge is 2.31. The molecule has 5 aromatic rings. The van der Waals surface area contributed by atoms with Crippen molar-refractivity contribution >= 4 is 54.0 Å². The lowest BCUT2D eigenvalue weighted by Gasteiger charge is -2.36. The molecule has 0 spiro atoms. The van der Waals surface area contributed by atoms with Crippen molar-refractivity contribution in [2.75, 3.05) is 57.2 Å². The summed E-state index contributed by atoms with van der Waals surface area (Å²) in [4.78, 5) is 9.07. The lowest BCUT2D eigenvalue weighted by molar-refractivity contribution is 0.379. The van der Waals surface area contributed by atoms with Gasteiger partial charge in [0.2, 0.25) is 10.0 Å². The zero-order valence-corrected chi connectivity index (χ0v) is 23.8. The van der Waals surface area contributed by atoms with E-state index in [1.54, 1.807) is 17.5 Å². The van der Waals surface area contributed by atoms with E-state index in [2.05, 4.69) is 39.7 Å². The topological polar surface area (TPSA) is 70.9 Å². The quantitative estimate of drug-likeness (QED) is 0.318. The Labute approximate surface area is 229 Å². The van der Waals surface area contributed by atoms with Crippen molar-refractivity contribution in [2.24, 2.45) is 7.05 Å². The number of nitrogens with zero attached hydrogens (tertiary/aromatic N) is 5. The van der Waals surface area contributed by atoms with Crippen LogP contribution in [0.15, 0.2) is 65.7 Å². The van der Waals surface area contributed by atoms with Crippen molar-refractivity contribution in [3.8, 4) is 5.75 Å². The Bertz CT molecular complexity index is 1840. The summed E-state index contributed by atoms with van der Waals surface area (Å²) in [5, 5.41) is 3.97. The standard InChI is InChI=1S/C30H33N5O3S/c1-20-30-23(12-13-31-20)24-18-27(28(38-5)19-26(24)33(30)4)34-14-16-35(17-15-34)39(36,37)29-11-7-8-21-22(29)9-6-10-25(21)32(2)3/h6-13,18-19H,14-17H2,1-5H3. The Kier molecular flexibility index (Phi) is 6.15. The van der Waals surface area contributed by atoms with Crippen molar-refractivity contribution in [3.63, 3.8) is 0 Å². The molecule has 0 aliphatic carbocycles. The van der Waals surface area contributed by atoms with Crippen LogP contribution in [0.2, 0.25) is 0 Å². The fraction of sp³-hybridized carbons (Fsp3) is 0.300. The van der Waals surface area contributed by atoms with Gasteiger partial charge in [0.15, 0.2) is 0 Å². The monoisotopic (exact) mass is 543 g/mol. The average Bonchev–Trinajstić information content (AvgIpc) is 3.23. The van der Waals surface area contributed by atoms with Gasteiger partial charge in [0.05, 0.1) is 34.4 Å². The summed E-state index contributed by atoms with van der Waals surface area (Å²) in [7, 11) is 4.00. The van der Waals surface area contributed by atoms with Gasteiger partial charge in [0.25, 0.3) is 0 Å². The molecule has 1 fully saturated rings. The first kappa shape index (κ1) is 25.5. The molecule has 0 atom stereocenters. The minimum atomic E-state index is -3.67. The largest absolute Gasteiger partial charge is 0.495 e. The second-order valence-corrected chi connectivity index (χ2v) is 12.2. The Morgan fingerprint density at radius 1 is 0.897 bits per heavy atom. The number of methoxy groups -OCH3 is 1. The number of rotatable bonds is 5. The summed E-state index contributed by atoms with van der Waals surface area (Å²) in [5.74, 6) is 0.778. The molecule has 0 saturated carbocycles. The molecule has 1 aliphatic rings. The second-order valence-electron chi connectivity index (χ2n) is 10.3. The Morgan fingerprint density at radius 3 is 2.33 bits per heavy atom. The molecule has 202 valence electrons. The Morgan fingerprint density at radius 2 is 1.62 bits per heavy atom. The van der Waals surface area contributed by atoms with E-state index in [1.165, 1.54) is 0 Å². The van der Waals surface area contributed by atoms with E-state index in [-0.39, 0.29) is 0 Å². The van der Waals surface area contributed by atoms with Crippen LogP contribution in [0.3, 0.4) is 0 Å². The van der Waals surface area contributed by atoms with E-state index in [4.69, 9.17) is 4.74 Å². The maximum Gasteiger partial charge on any atom is 0.243 e. The second kappa shape index (κ2) is 9.43. The van der Waals surface area contributed by atoms with Crippen molar-refractivity contribution in [1.29, 1.82) is 0 Å². The van der Waals surface area contributed by atoms with Gasteiger partial charge in [-0.15, -0.1) is 0 Å². The third-order valence-electron chi connectivity index (χ3n) is 7.93. The zero-order chi connectivity index (χ0) is 27.5. The van der Waals surface area contributed by atoms with Gasteiger partial charge < -0.3 is 19.1 Å². The van der Waals surface area contributed by atoms with Crippen LogP contribution >= 0.6 is 0 Å². The first-order valence-electron chi connectivity index (χ1n) is 13.1. The normalized spacial score (nSPS) is 14.9. The van der Waals surface area contributed by atoms with Crippen LogP contribution in [0.5, 0.6) is 5.75 Å². The van der Waals surface area contributed by atoms with E-state index in [0.717, 1.165) is 55.4 Å². The van der Waals surface area contributed by atoms with Crippen LogP contribution in [-0.2, 0) is 17.1 Å². The molecule has 9 heteroatoms. The van der Waals surface area contributed by atoms with Gasteiger partial charge in [-0.05, 0) is 31.2 Å². The third-order valence-corrected chi connectivity index (χ3v) is 9.89. The fourth-order valence-corrected chi connectivity index (χ4v) is 7.60. The predicted molar refractivity (Wildman–Crippen MR) is 159 cm³/mol. The molecule has 0 unspecified atom stereocenters. The van der Waals surface area contributed by atoms with Gasteiger partial charge in [0.1, 0.15) is 5.75 Å². The molecule has 1 saturated heterocycles.